The lowest BCUT2D eigenvalue weighted by Crippen LogP contribution is -2.59. The number of carbonyl (C=O) groups excluding carboxylic acids is 1. The van der Waals surface area contributed by atoms with Crippen LogP contribution in [0.4, 0.5) is 0 Å². The molecule has 1 aliphatic heterocycles. The standard InChI is InChI=1S/C17H26N2O2/c1-12-11-19(13(2)10-18-12)16(20)17(3,4)14-6-8-15(21-5)9-7-14/h6-9,12-13,18H,10-11H2,1-5H3. The zero-order valence-electron chi connectivity index (χ0n) is 13.6. The Morgan fingerprint density at radius 2 is 1.90 bits per heavy atom. The van der Waals surface area contributed by atoms with Gasteiger partial charge in [0.05, 0.1) is 12.5 Å². The number of nitrogens with zero attached hydrogens (tertiary/aromatic N) is 1. The molecule has 0 bridgehead atoms. The SMILES string of the molecule is COc1ccc(C(C)(C)C(=O)N2CC(C)NCC2C)cc1. The molecule has 1 aliphatic rings. The van der Waals surface area contributed by atoms with Crippen LogP contribution in [0.15, 0.2) is 24.3 Å². The summed E-state index contributed by atoms with van der Waals surface area (Å²) in [6.07, 6.45) is 0. The molecule has 4 heteroatoms. The minimum absolute atomic E-state index is 0.188. The molecule has 1 N–H and O–H groups in total. The lowest BCUT2D eigenvalue weighted by molar-refractivity contribution is -0.139. The highest BCUT2D eigenvalue weighted by Crippen LogP contribution is 2.28. The van der Waals surface area contributed by atoms with Crippen molar-refractivity contribution < 1.29 is 9.53 Å². The molecule has 4 nitrogen and oxygen atoms in total. The van der Waals surface area contributed by atoms with Crippen molar-refractivity contribution in [3.05, 3.63) is 29.8 Å². The Balaban J connectivity index is 2.22. The topological polar surface area (TPSA) is 41.6 Å². The third-order valence-corrected chi connectivity index (χ3v) is 4.37. The van der Waals surface area contributed by atoms with Crippen LogP contribution in [0.2, 0.25) is 0 Å². The summed E-state index contributed by atoms with van der Waals surface area (Å²) < 4.78 is 5.19. The Kier molecular flexibility index (Phi) is 4.57. The summed E-state index contributed by atoms with van der Waals surface area (Å²) in [6.45, 7) is 9.83. The summed E-state index contributed by atoms with van der Waals surface area (Å²) >= 11 is 0. The first-order valence-corrected chi connectivity index (χ1v) is 7.55. The number of carbonyl (C=O) groups is 1. The van der Waals surface area contributed by atoms with Crippen LogP contribution < -0.4 is 10.1 Å². The molecule has 21 heavy (non-hydrogen) atoms. The molecule has 0 saturated carbocycles. The van der Waals surface area contributed by atoms with Crippen molar-refractivity contribution in [2.24, 2.45) is 0 Å². The van der Waals surface area contributed by atoms with Crippen molar-refractivity contribution in [2.75, 3.05) is 20.2 Å². The molecule has 0 radical (unpaired) electrons. The highest BCUT2D eigenvalue weighted by atomic mass is 16.5. The van der Waals surface area contributed by atoms with Gasteiger partial charge in [0.15, 0.2) is 0 Å². The van der Waals surface area contributed by atoms with E-state index in [0.29, 0.717) is 6.04 Å². The molecule has 1 fully saturated rings. The molecule has 1 saturated heterocycles. The van der Waals surface area contributed by atoms with Gasteiger partial charge < -0.3 is 15.0 Å². The summed E-state index contributed by atoms with van der Waals surface area (Å²) in [5.41, 5.74) is 0.490. The number of piperazine rings is 1. The fourth-order valence-corrected chi connectivity index (χ4v) is 2.79. The molecule has 2 atom stereocenters. The van der Waals surface area contributed by atoms with E-state index in [4.69, 9.17) is 4.74 Å². The first kappa shape index (κ1) is 15.8. The van der Waals surface area contributed by atoms with Gasteiger partial charge in [-0.3, -0.25) is 4.79 Å². The van der Waals surface area contributed by atoms with E-state index in [1.807, 2.05) is 43.0 Å². The van der Waals surface area contributed by atoms with Crippen molar-refractivity contribution in [3.63, 3.8) is 0 Å². The highest BCUT2D eigenvalue weighted by Gasteiger charge is 2.37. The maximum Gasteiger partial charge on any atom is 0.232 e. The Morgan fingerprint density at radius 1 is 1.29 bits per heavy atom. The predicted octanol–water partition coefficient (Wildman–Crippen LogP) is 2.18. The minimum Gasteiger partial charge on any atom is -0.497 e. The zero-order chi connectivity index (χ0) is 15.6. The van der Waals surface area contributed by atoms with Gasteiger partial charge in [0.25, 0.3) is 0 Å². The van der Waals surface area contributed by atoms with Gasteiger partial charge in [0, 0.05) is 25.2 Å². The van der Waals surface area contributed by atoms with Crippen LogP contribution in [0.5, 0.6) is 5.75 Å². The number of benzene rings is 1. The summed E-state index contributed by atoms with van der Waals surface area (Å²) in [5, 5.41) is 3.41. The van der Waals surface area contributed by atoms with Crippen molar-refractivity contribution in [1.29, 1.82) is 0 Å². The Hall–Kier alpha value is -1.55. The molecule has 2 rings (SSSR count). The lowest BCUT2D eigenvalue weighted by Gasteiger charge is -2.41. The number of nitrogens with one attached hydrogen (secondary N) is 1. The number of ether oxygens (including phenoxy) is 1. The monoisotopic (exact) mass is 290 g/mol. The van der Waals surface area contributed by atoms with E-state index >= 15 is 0 Å². The summed E-state index contributed by atoms with van der Waals surface area (Å²) in [6, 6.07) is 8.35. The van der Waals surface area contributed by atoms with Gasteiger partial charge in [0.2, 0.25) is 5.91 Å². The molecular weight excluding hydrogens is 264 g/mol. The highest BCUT2D eigenvalue weighted by molar-refractivity contribution is 5.87. The predicted molar refractivity (Wildman–Crippen MR) is 84.7 cm³/mol. The average molecular weight is 290 g/mol. The Bertz CT molecular complexity index is 496. The largest absolute Gasteiger partial charge is 0.497 e. The molecule has 1 aromatic carbocycles. The van der Waals surface area contributed by atoms with Crippen molar-refractivity contribution in [1.82, 2.24) is 10.2 Å². The van der Waals surface area contributed by atoms with Gasteiger partial charge in [-0.25, -0.2) is 0 Å². The molecule has 1 aromatic rings. The van der Waals surface area contributed by atoms with E-state index < -0.39 is 5.41 Å². The minimum atomic E-state index is -0.530. The second kappa shape index (κ2) is 6.06. The van der Waals surface area contributed by atoms with E-state index in [1.165, 1.54) is 0 Å². The van der Waals surface area contributed by atoms with Crippen LogP contribution in [-0.2, 0) is 10.2 Å². The van der Waals surface area contributed by atoms with Crippen LogP contribution in [0.1, 0.15) is 33.3 Å². The molecule has 116 valence electrons. The smallest absolute Gasteiger partial charge is 0.232 e. The fourth-order valence-electron chi connectivity index (χ4n) is 2.79. The van der Waals surface area contributed by atoms with Crippen LogP contribution in [0.25, 0.3) is 0 Å². The first-order valence-electron chi connectivity index (χ1n) is 7.55. The second-order valence-electron chi connectivity index (χ2n) is 6.47. The number of hydrogen-bond donors (Lipinski definition) is 1. The number of hydrogen-bond acceptors (Lipinski definition) is 3. The summed E-state index contributed by atoms with van der Waals surface area (Å²) in [7, 11) is 1.65. The fraction of sp³-hybridized carbons (Fsp3) is 0.588. The molecule has 2 unspecified atom stereocenters. The van der Waals surface area contributed by atoms with E-state index in [-0.39, 0.29) is 11.9 Å². The van der Waals surface area contributed by atoms with Crippen molar-refractivity contribution in [2.45, 2.75) is 45.2 Å². The third kappa shape index (κ3) is 3.21. The lowest BCUT2D eigenvalue weighted by atomic mass is 9.82. The molecule has 0 spiro atoms. The molecular formula is C17H26N2O2. The first-order chi connectivity index (χ1) is 9.86. The second-order valence-corrected chi connectivity index (χ2v) is 6.47. The van der Waals surface area contributed by atoms with E-state index in [0.717, 1.165) is 24.4 Å². The van der Waals surface area contributed by atoms with E-state index in [2.05, 4.69) is 19.2 Å². The molecule has 0 aliphatic carbocycles. The zero-order valence-corrected chi connectivity index (χ0v) is 13.6. The van der Waals surface area contributed by atoms with Gasteiger partial charge >= 0.3 is 0 Å². The van der Waals surface area contributed by atoms with E-state index in [1.54, 1.807) is 7.11 Å². The van der Waals surface area contributed by atoms with Crippen molar-refractivity contribution >= 4 is 5.91 Å². The van der Waals surface area contributed by atoms with Crippen LogP contribution in [0, 0.1) is 0 Å². The van der Waals surface area contributed by atoms with Crippen LogP contribution >= 0.6 is 0 Å². The number of rotatable bonds is 3. The number of amides is 1. The summed E-state index contributed by atoms with van der Waals surface area (Å²) in [5.74, 6) is 1.000. The normalized spacial score (nSPS) is 23.0. The van der Waals surface area contributed by atoms with Crippen molar-refractivity contribution in [3.8, 4) is 5.75 Å². The van der Waals surface area contributed by atoms with Gasteiger partial charge in [-0.1, -0.05) is 12.1 Å². The maximum absolute atomic E-state index is 13.0. The van der Waals surface area contributed by atoms with Crippen LogP contribution in [0.3, 0.4) is 0 Å². The van der Waals surface area contributed by atoms with Gasteiger partial charge in [-0.15, -0.1) is 0 Å². The van der Waals surface area contributed by atoms with Gasteiger partial charge in [0.1, 0.15) is 5.75 Å². The van der Waals surface area contributed by atoms with Gasteiger partial charge in [-0.05, 0) is 45.4 Å². The van der Waals surface area contributed by atoms with Gasteiger partial charge in [-0.2, -0.15) is 0 Å². The Morgan fingerprint density at radius 3 is 2.48 bits per heavy atom. The summed E-state index contributed by atoms with van der Waals surface area (Å²) in [4.78, 5) is 15.0. The maximum atomic E-state index is 13.0. The quantitative estimate of drug-likeness (QED) is 0.928. The van der Waals surface area contributed by atoms with E-state index in [9.17, 15) is 4.79 Å². The van der Waals surface area contributed by atoms with Crippen LogP contribution in [-0.4, -0.2) is 43.1 Å². The Labute approximate surface area is 127 Å². The molecule has 1 heterocycles. The molecule has 0 aromatic heterocycles. The average Bonchev–Trinajstić information content (AvgIpc) is 2.49. The molecule has 1 amide bonds. The number of methoxy groups -OCH3 is 1. The third-order valence-electron chi connectivity index (χ3n) is 4.37.